The number of hydrazone groups is 1. The van der Waals surface area contributed by atoms with Gasteiger partial charge < -0.3 is 14.6 Å². The van der Waals surface area contributed by atoms with E-state index >= 15 is 0 Å². The fourth-order valence-electron chi connectivity index (χ4n) is 2.51. The lowest BCUT2D eigenvalue weighted by Gasteiger charge is -2.08. The molecule has 2 aromatic rings. The SMILES string of the molecule is O=C([O-])COc1ccccc1/C=N\NC(=O)c1cc2c(s1)CCC2. The molecule has 0 spiro atoms. The van der Waals surface area contributed by atoms with Crippen LogP contribution in [0.4, 0.5) is 0 Å². The third-order valence-corrected chi connectivity index (χ3v) is 4.84. The molecule has 1 aromatic heterocycles. The molecule has 0 atom stereocenters. The van der Waals surface area contributed by atoms with Crippen LogP contribution in [-0.4, -0.2) is 24.7 Å². The van der Waals surface area contributed by atoms with Crippen LogP contribution in [0.1, 0.15) is 32.1 Å². The molecule has 1 aromatic carbocycles. The maximum absolute atomic E-state index is 12.1. The zero-order valence-electron chi connectivity index (χ0n) is 12.8. The second-order valence-electron chi connectivity index (χ2n) is 5.31. The van der Waals surface area contributed by atoms with Gasteiger partial charge in [0.05, 0.1) is 17.1 Å². The minimum atomic E-state index is -1.30. The van der Waals surface area contributed by atoms with Crippen LogP contribution in [0, 0.1) is 0 Å². The van der Waals surface area contributed by atoms with Crippen LogP contribution in [0.2, 0.25) is 0 Å². The number of hydrogen-bond donors (Lipinski definition) is 1. The van der Waals surface area contributed by atoms with E-state index in [4.69, 9.17) is 4.74 Å². The third-order valence-electron chi connectivity index (χ3n) is 3.60. The summed E-state index contributed by atoms with van der Waals surface area (Å²) in [5.74, 6) is -1.20. The van der Waals surface area contributed by atoms with Gasteiger partial charge in [-0.05, 0) is 43.0 Å². The second kappa shape index (κ2) is 7.27. The maximum atomic E-state index is 12.1. The number of ether oxygens (including phenoxy) is 1. The van der Waals surface area contributed by atoms with Gasteiger partial charge in [-0.25, -0.2) is 5.43 Å². The Morgan fingerprint density at radius 1 is 1.33 bits per heavy atom. The first-order chi connectivity index (χ1) is 11.6. The highest BCUT2D eigenvalue weighted by Crippen LogP contribution is 2.30. The molecule has 1 aliphatic carbocycles. The Kier molecular flexibility index (Phi) is 4.90. The molecule has 0 bridgehead atoms. The summed E-state index contributed by atoms with van der Waals surface area (Å²) < 4.78 is 5.12. The van der Waals surface area contributed by atoms with E-state index in [-0.39, 0.29) is 5.91 Å². The van der Waals surface area contributed by atoms with Crippen molar-refractivity contribution in [1.82, 2.24) is 5.43 Å². The number of benzene rings is 1. The first-order valence-corrected chi connectivity index (χ1v) is 8.32. The highest BCUT2D eigenvalue weighted by Gasteiger charge is 2.18. The zero-order valence-corrected chi connectivity index (χ0v) is 13.6. The number of aryl methyl sites for hydroxylation is 2. The van der Waals surface area contributed by atoms with Crippen LogP contribution in [0.15, 0.2) is 35.4 Å². The fourth-order valence-corrected chi connectivity index (χ4v) is 3.66. The molecule has 7 heteroatoms. The van der Waals surface area contributed by atoms with Crippen LogP contribution in [-0.2, 0) is 17.6 Å². The minimum Gasteiger partial charge on any atom is -0.546 e. The molecule has 1 heterocycles. The van der Waals surface area contributed by atoms with Gasteiger partial charge in [0.1, 0.15) is 12.4 Å². The molecule has 0 saturated heterocycles. The largest absolute Gasteiger partial charge is 0.546 e. The molecule has 1 aliphatic rings. The van der Waals surface area contributed by atoms with E-state index in [0.29, 0.717) is 16.2 Å². The molecule has 0 radical (unpaired) electrons. The molecule has 0 fully saturated rings. The molecule has 1 N–H and O–H groups in total. The molecular weight excluding hydrogens is 328 g/mol. The summed E-state index contributed by atoms with van der Waals surface area (Å²) in [6, 6.07) is 8.73. The van der Waals surface area contributed by atoms with Crippen molar-refractivity contribution in [2.24, 2.45) is 5.10 Å². The number of nitrogens with one attached hydrogen (secondary N) is 1. The number of rotatable bonds is 6. The smallest absolute Gasteiger partial charge is 0.281 e. The summed E-state index contributed by atoms with van der Waals surface area (Å²) in [5.41, 5.74) is 4.31. The number of fused-ring (bicyclic) bond motifs is 1. The average Bonchev–Trinajstić information content (AvgIpc) is 3.15. The monoisotopic (exact) mass is 343 g/mol. The Labute approximate surface area is 142 Å². The first-order valence-electron chi connectivity index (χ1n) is 7.50. The van der Waals surface area contributed by atoms with Gasteiger partial charge in [-0.15, -0.1) is 11.3 Å². The summed E-state index contributed by atoms with van der Waals surface area (Å²) in [7, 11) is 0. The summed E-state index contributed by atoms with van der Waals surface area (Å²) in [5, 5.41) is 14.4. The van der Waals surface area contributed by atoms with Crippen molar-refractivity contribution in [3.63, 3.8) is 0 Å². The fraction of sp³-hybridized carbons (Fsp3) is 0.235. The quantitative estimate of drug-likeness (QED) is 0.629. The number of carbonyl (C=O) groups excluding carboxylic acids is 2. The number of thiophene rings is 1. The third kappa shape index (κ3) is 3.80. The highest BCUT2D eigenvalue weighted by molar-refractivity contribution is 7.14. The number of carboxylic acids is 1. The van der Waals surface area contributed by atoms with E-state index in [1.807, 2.05) is 6.07 Å². The normalized spacial score (nSPS) is 13.0. The van der Waals surface area contributed by atoms with Crippen molar-refractivity contribution in [3.05, 3.63) is 51.2 Å². The Bertz CT molecular complexity index is 776. The van der Waals surface area contributed by atoms with Crippen LogP contribution in [0.5, 0.6) is 5.75 Å². The van der Waals surface area contributed by atoms with Gasteiger partial charge in [0.2, 0.25) is 0 Å². The number of aliphatic carboxylic acids is 1. The number of amides is 1. The van der Waals surface area contributed by atoms with Gasteiger partial charge in [-0.2, -0.15) is 5.10 Å². The Morgan fingerprint density at radius 2 is 2.17 bits per heavy atom. The van der Waals surface area contributed by atoms with Gasteiger partial charge in [-0.3, -0.25) is 4.79 Å². The predicted molar refractivity (Wildman–Crippen MR) is 88.3 cm³/mol. The van der Waals surface area contributed by atoms with Gasteiger partial charge >= 0.3 is 0 Å². The van der Waals surface area contributed by atoms with E-state index in [0.717, 1.165) is 19.3 Å². The van der Waals surface area contributed by atoms with Gasteiger partial charge in [0.25, 0.3) is 5.91 Å². The van der Waals surface area contributed by atoms with E-state index in [2.05, 4.69) is 10.5 Å². The van der Waals surface area contributed by atoms with Crippen LogP contribution in [0.25, 0.3) is 0 Å². The predicted octanol–water partition coefficient (Wildman–Crippen LogP) is 1.13. The van der Waals surface area contributed by atoms with E-state index in [9.17, 15) is 14.7 Å². The lowest BCUT2D eigenvalue weighted by atomic mass is 10.2. The topological polar surface area (TPSA) is 90.8 Å². The lowest BCUT2D eigenvalue weighted by Crippen LogP contribution is -2.29. The molecule has 3 rings (SSSR count). The van der Waals surface area contributed by atoms with E-state index < -0.39 is 12.6 Å². The molecule has 124 valence electrons. The molecule has 1 amide bonds. The molecule has 6 nitrogen and oxygen atoms in total. The summed E-state index contributed by atoms with van der Waals surface area (Å²) in [6.45, 7) is -0.544. The number of carboxylic acid groups (broad SMARTS) is 1. The molecule has 0 saturated carbocycles. The highest BCUT2D eigenvalue weighted by atomic mass is 32.1. The summed E-state index contributed by atoms with van der Waals surface area (Å²) in [4.78, 5) is 24.5. The Morgan fingerprint density at radius 3 is 2.96 bits per heavy atom. The number of hydrogen-bond acceptors (Lipinski definition) is 6. The van der Waals surface area contributed by atoms with Crippen molar-refractivity contribution >= 4 is 29.4 Å². The van der Waals surface area contributed by atoms with Gasteiger partial charge in [-0.1, -0.05) is 12.1 Å². The van der Waals surface area contributed by atoms with Gasteiger partial charge in [0, 0.05) is 10.4 Å². The lowest BCUT2D eigenvalue weighted by molar-refractivity contribution is -0.307. The first kappa shape index (κ1) is 16.2. The maximum Gasteiger partial charge on any atom is 0.281 e. The number of para-hydroxylation sites is 1. The minimum absolute atomic E-state index is 0.251. The van der Waals surface area contributed by atoms with Crippen LogP contribution in [0.3, 0.4) is 0 Å². The molecule has 24 heavy (non-hydrogen) atoms. The van der Waals surface area contributed by atoms with Gasteiger partial charge in [0.15, 0.2) is 0 Å². The van der Waals surface area contributed by atoms with Crippen molar-refractivity contribution in [1.29, 1.82) is 0 Å². The summed E-state index contributed by atoms with van der Waals surface area (Å²) in [6.07, 6.45) is 4.65. The number of carbonyl (C=O) groups is 2. The summed E-state index contributed by atoms with van der Waals surface area (Å²) >= 11 is 1.51. The zero-order chi connectivity index (χ0) is 16.9. The molecule has 0 aliphatic heterocycles. The van der Waals surface area contributed by atoms with Crippen molar-refractivity contribution in [2.45, 2.75) is 19.3 Å². The Balaban J connectivity index is 1.63. The van der Waals surface area contributed by atoms with Crippen molar-refractivity contribution in [2.75, 3.05) is 6.61 Å². The van der Waals surface area contributed by atoms with E-state index in [1.54, 1.807) is 24.3 Å². The second-order valence-corrected chi connectivity index (χ2v) is 6.45. The van der Waals surface area contributed by atoms with Crippen LogP contribution >= 0.6 is 11.3 Å². The van der Waals surface area contributed by atoms with Crippen molar-refractivity contribution < 1.29 is 19.4 Å². The van der Waals surface area contributed by atoms with E-state index in [1.165, 1.54) is 28.0 Å². The Hall–Kier alpha value is -2.67. The molecular formula is C17H15N2O4S-. The molecule has 0 unspecified atom stereocenters. The average molecular weight is 343 g/mol. The number of nitrogens with zero attached hydrogens (tertiary/aromatic N) is 1. The van der Waals surface area contributed by atoms with Crippen molar-refractivity contribution in [3.8, 4) is 5.75 Å². The van der Waals surface area contributed by atoms with Crippen LogP contribution < -0.4 is 15.3 Å². The standard InChI is InChI=1S/C17H16N2O4S/c20-16(21)10-23-13-6-2-1-4-12(13)9-18-19-17(22)15-8-11-5-3-7-14(11)24-15/h1-2,4,6,8-9H,3,5,7,10H2,(H,19,22)(H,20,21)/p-1/b18-9-.